The second-order valence-electron chi connectivity index (χ2n) is 5.99. The van der Waals surface area contributed by atoms with Crippen LogP contribution in [0, 0.1) is 0 Å². The molecule has 0 saturated heterocycles. The lowest BCUT2D eigenvalue weighted by atomic mass is 10.1. The molecular weight excluding hydrogens is 318 g/mol. The Hall–Kier alpha value is -3.22. The summed E-state index contributed by atoms with van der Waals surface area (Å²) in [6, 6.07) is 15.4. The van der Waals surface area contributed by atoms with Crippen molar-refractivity contribution in [2.24, 2.45) is 0 Å². The molecule has 0 N–H and O–H groups in total. The van der Waals surface area contributed by atoms with E-state index in [-0.39, 0.29) is 18.6 Å². The lowest BCUT2D eigenvalue weighted by molar-refractivity contribution is -0.120. The summed E-state index contributed by atoms with van der Waals surface area (Å²) in [5.74, 6) is 0.548. The molecule has 7 nitrogen and oxygen atoms in total. The van der Waals surface area contributed by atoms with Crippen LogP contribution in [-0.2, 0) is 11.2 Å². The Morgan fingerprint density at radius 3 is 2.96 bits per heavy atom. The fourth-order valence-electron chi connectivity index (χ4n) is 3.16. The van der Waals surface area contributed by atoms with Gasteiger partial charge < -0.3 is 9.64 Å². The SMILES string of the molecule is C[C@@H]1Cc2ccccc2N1C(=O)COc1cccc(-n2cnnn2)c1. The molecule has 1 aromatic heterocycles. The van der Waals surface area contributed by atoms with Gasteiger partial charge in [-0.25, -0.2) is 4.68 Å². The highest BCUT2D eigenvalue weighted by atomic mass is 16.5. The average Bonchev–Trinajstić information content (AvgIpc) is 3.27. The van der Waals surface area contributed by atoms with Gasteiger partial charge >= 0.3 is 0 Å². The first kappa shape index (κ1) is 15.3. The van der Waals surface area contributed by atoms with E-state index in [0.29, 0.717) is 5.75 Å². The van der Waals surface area contributed by atoms with E-state index in [1.807, 2.05) is 41.3 Å². The van der Waals surface area contributed by atoms with Crippen molar-refractivity contribution in [3.63, 3.8) is 0 Å². The number of para-hydroxylation sites is 1. The number of carbonyl (C=O) groups is 1. The van der Waals surface area contributed by atoms with E-state index in [1.54, 1.807) is 6.07 Å². The van der Waals surface area contributed by atoms with Crippen LogP contribution >= 0.6 is 0 Å². The van der Waals surface area contributed by atoms with E-state index in [1.165, 1.54) is 16.6 Å². The van der Waals surface area contributed by atoms with Crippen LogP contribution in [0.25, 0.3) is 5.69 Å². The molecule has 0 aliphatic carbocycles. The number of nitrogens with zero attached hydrogens (tertiary/aromatic N) is 5. The van der Waals surface area contributed by atoms with E-state index < -0.39 is 0 Å². The van der Waals surface area contributed by atoms with Crippen LogP contribution in [0.3, 0.4) is 0 Å². The van der Waals surface area contributed by atoms with Gasteiger partial charge in [-0.3, -0.25) is 4.79 Å². The van der Waals surface area contributed by atoms with Gasteiger partial charge in [-0.05, 0) is 47.5 Å². The molecule has 4 rings (SSSR count). The Kier molecular flexibility index (Phi) is 3.89. The molecule has 3 aromatic rings. The normalized spacial score (nSPS) is 15.9. The van der Waals surface area contributed by atoms with Gasteiger partial charge in [0.1, 0.15) is 12.1 Å². The van der Waals surface area contributed by atoms with Gasteiger partial charge in [0.15, 0.2) is 6.61 Å². The zero-order valence-corrected chi connectivity index (χ0v) is 13.7. The monoisotopic (exact) mass is 335 g/mol. The number of hydrogen-bond acceptors (Lipinski definition) is 5. The van der Waals surface area contributed by atoms with Crippen LogP contribution in [0.4, 0.5) is 5.69 Å². The third kappa shape index (κ3) is 2.96. The highest BCUT2D eigenvalue weighted by Gasteiger charge is 2.30. The summed E-state index contributed by atoms with van der Waals surface area (Å²) in [7, 11) is 0. The van der Waals surface area contributed by atoms with Crippen molar-refractivity contribution in [1.82, 2.24) is 20.2 Å². The maximum Gasteiger partial charge on any atom is 0.265 e. The summed E-state index contributed by atoms with van der Waals surface area (Å²) in [5.41, 5.74) is 2.95. The molecular formula is C18H17N5O2. The molecule has 0 unspecified atom stereocenters. The number of carbonyl (C=O) groups excluding carboxylic acids is 1. The minimum atomic E-state index is -0.0507. The first-order valence-corrected chi connectivity index (χ1v) is 8.08. The minimum Gasteiger partial charge on any atom is -0.484 e. The summed E-state index contributed by atoms with van der Waals surface area (Å²) in [5, 5.41) is 11.1. The summed E-state index contributed by atoms with van der Waals surface area (Å²) in [4.78, 5) is 14.5. The van der Waals surface area contributed by atoms with Crippen LogP contribution in [0.2, 0.25) is 0 Å². The zero-order valence-electron chi connectivity index (χ0n) is 13.7. The van der Waals surface area contributed by atoms with E-state index in [0.717, 1.165) is 17.8 Å². The van der Waals surface area contributed by atoms with E-state index in [4.69, 9.17) is 4.74 Å². The number of rotatable bonds is 4. The third-order valence-corrected chi connectivity index (χ3v) is 4.27. The lowest BCUT2D eigenvalue weighted by Gasteiger charge is -2.22. The number of fused-ring (bicyclic) bond motifs is 1. The Morgan fingerprint density at radius 2 is 2.12 bits per heavy atom. The average molecular weight is 335 g/mol. The second kappa shape index (κ2) is 6.35. The molecule has 0 saturated carbocycles. The Balaban J connectivity index is 1.47. The van der Waals surface area contributed by atoms with Crippen molar-refractivity contribution in [2.75, 3.05) is 11.5 Å². The molecule has 2 heterocycles. The quantitative estimate of drug-likeness (QED) is 0.729. The number of tetrazole rings is 1. The molecule has 126 valence electrons. The largest absolute Gasteiger partial charge is 0.484 e. The fourth-order valence-corrected chi connectivity index (χ4v) is 3.16. The number of ether oxygens (including phenoxy) is 1. The van der Waals surface area contributed by atoms with Crippen LogP contribution in [-0.4, -0.2) is 38.8 Å². The Morgan fingerprint density at radius 1 is 1.24 bits per heavy atom. The molecule has 1 aliphatic rings. The van der Waals surface area contributed by atoms with E-state index in [2.05, 4.69) is 28.5 Å². The number of hydrogen-bond donors (Lipinski definition) is 0. The van der Waals surface area contributed by atoms with Crippen molar-refractivity contribution in [3.8, 4) is 11.4 Å². The maximum atomic E-state index is 12.7. The van der Waals surface area contributed by atoms with Crippen LogP contribution < -0.4 is 9.64 Å². The van der Waals surface area contributed by atoms with Gasteiger partial charge in [-0.1, -0.05) is 24.3 Å². The van der Waals surface area contributed by atoms with Crippen molar-refractivity contribution in [2.45, 2.75) is 19.4 Å². The number of anilines is 1. The Labute approximate surface area is 144 Å². The molecule has 2 aromatic carbocycles. The van der Waals surface area contributed by atoms with Gasteiger partial charge in [0.2, 0.25) is 0 Å². The molecule has 0 bridgehead atoms. The molecule has 0 fully saturated rings. The summed E-state index contributed by atoms with van der Waals surface area (Å²) in [6.45, 7) is 2.04. The fraction of sp³-hybridized carbons (Fsp3) is 0.222. The summed E-state index contributed by atoms with van der Waals surface area (Å²) in [6.07, 6.45) is 2.38. The molecule has 7 heteroatoms. The summed E-state index contributed by atoms with van der Waals surface area (Å²) >= 11 is 0. The van der Waals surface area contributed by atoms with Crippen molar-refractivity contribution < 1.29 is 9.53 Å². The van der Waals surface area contributed by atoms with Gasteiger partial charge in [0.25, 0.3) is 5.91 Å². The highest BCUT2D eigenvalue weighted by Crippen LogP contribution is 2.31. The minimum absolute atomic E-state index is 0.0161. The number of benzene rings is 2. The van der Waals surface area contributed by atoms with Gasteiger partial charge in [0.05, 0.1) is 5.69 Å². The zero-order chi connectivity index (χ0) is 17.2. The van der Waals surface area contributed by atoms with Crippen molar-refractivity contribution in [1.29, 1.82) is 0 Å². The smallest absolute Gasteiger partial charge is 0.265 e. The molecule has 1 amide bonds. The van der Waals surface area contributed by atoms with E-state index >= 15 is 0 Å². The lowest BCUT2D eigenvalue weighted by Crippen LogP contribution is -2.39. The van der Waals surface area contributed by atoms with Crippen molar-refractivity contribution in [3.05, 3.63) is 60.4 Å². The van der Waals surface area contributed by atoms with Crippen LogP contribution in [0.5, 0.6) is 5.75 Å². The predicted octanol–water partition coefficient (Wildman–Crippen LogP) is 2.02. The van der Waals surface area contributed by atoms with Gasteiger partial charge in [-0.2, -0.15) is 0 Å². The summed E-state index contributed by atoms with van der Waals surface area (Å²) < 4.78 is 7.24. The maximum absolute atomic E-state index is 12.7. The van der Waals surface area contributed by atoms with Gasteiger partial charge in [0, 0.05) is 17.8 Å². The van der Waals surface area contributed by atoms with E-state index in [9.17, 15) is 4.79 Å². The van der Waals surface area contributed by atoms with Crippen LogP contribution in [0.15, 0.2) is 54.9 Å². The Bertz CT molecular complexity index is 894. The molecule has 0 spiro atoms. The molecule has 1 atom stereocenters. The third-order valence-electron chi connectivity index (χ3n) is 4.27. The standard InChI is InChI=1S/C18H17N5O2/c1-13-9-14-5-2-3-8-17(14)23(13)18(24)11-25-16-7-4-6-15(10-16)22-12-19-20-21-22/h2-8,10,12-13H,9,11H2,1H3/t13-/m1/s1. The van der Waals surface area contributed by atoms with Gasteiger partial charge in [-0.15, -0.1) is 5.10 Å². The number of aromatic nitrogens is 4. The topological polar surface area (TPSA) is 73.1 Å². The van der Waals surface area contributed by atoms with Crippen LogP contribution in [0.1, 0.15) is 12.5 Å². The highest BCUT2D eigenvalue weighted by molar-refractivity contribution is 5.97. The molecule has 25 heavy (non-hydrogen) atoms. The van der Waals surface area contributed by atoms with Crippen molar-refractivity contribution >= 4 is 11.6 Å². The second-order valence-corrected chi connectivity index (χ2v) is 5.99. The molecule has 0 radical (unpaired) electrons. The number of amides is 1. The predicted molar refractivity (Wildman–Crippen MR) is 91.7 cm³/mol. The first-order chi connectivity index (χ1) is 12.2. The first-order valence-electron chi connectivity index (χ1n) is 8.08. The molecule has 1 aliphatic heterocycles.